The van der Waals surface area contributed by atoms with E-state index in [0.29, 0.717) is 32.6 Å². The number of likely N-dealkylation sites (N-methyl/N-ethyl adjacent to an activating group) is 2. The molecular weight excluding hydrogens is 869 g/mol. The molecule has 386 valence electrons. The number of Topliss-reactive ketones (excluding diaryl/α,β-unsaturated/α-hetero) is 1. The summed E-state index contributed by atoms with van der Waals surface area (Å²) in [5.74, 6) is -2.72. The second-order valence-corrected chi connectivity index (χ2v) is 20.9. The van der Waals surface area contributed by atoms with Crippen LogP contribution in [0.15, 0.2) is 30.3 Å². The number of rotatable bonds is 25. The third-order valence-corrected chi connectivity index (χ3v) is 14.1. The molecule has 0 spiro atoms. The fourth-order valence-corrected chi connectivity index (χ4v) is 10.0. The highest BCUT2D eigenvalue weighted by atomic mass is 16.6. The van der Waals surface area contributed by atoms with Gasteiger partial charge in [0.2, 0.25) is 17.7 Å². The maximum atomic E-state index is 14.7. The highest BCUT2D eigenvalue weighted by Gasteiger charge is 2.44. The molecule has 0 radical (unpaired) electrons. The van der Waals surface area contributed by atoms with Crippen LogP contribution in [-0.2, 0) is 49.3 Å². The lowest BCUT2D eigenvalue weighted by atomic mass is 9.83. The number of amides is 4. The van der Waals surface area contributed by atoms with Gasteiger partial charge in [-0.15, -0.1) is 0 Å². The summed E-state index contributed by atoms with van der Waals surface area (Å²) < 4.78 is 22.7. The first kappa shape index (κ1) is 58.2. The van der Waals surface area contributed by atoms with Gasteiger partial charge in [-0.05, 0) is 64.0 Å². The zero-order valence-corrected chi connectivity index (χ0v) is 44.2. The molecule has 0 unspecified atom stereocenters. The van der Waals surface area contributed by atoms with Crippen molar-refractivity contribution in [3.8, 4) is 0 Å². The van der Waals surface area contributed by atoms with Crippen LogP contribution >= 0.6 is 0 Å². The Morgan fingerprint density at radius 1 is 0.838 bits per heavy atom. The number of nitrogens with zero attached hydrogens (tertiary/aromatic N) is 5. The summed E-state index contributed by atoms with van der Waals surface area (Å²) >= 11 is 0. The topological polar surface area (TPSA) is 168 Å². The molecule has 16 nitrogen and oxygen atoms in total. The lowest BCUT2D eigenvalue weighted by molar-refractivity contribution is -0.150. The van der Waals surface area contributed by atoms with Crippen LogP contribution in [-0.4, -0.2) is 183 Å². The molecule has 2 saturated heterocycles. The minimum absolute atomic E-state index is 0.000322. The molecule has 0 saturated carbocycles. The zero-order valence-electron chi connectivity index (χ0n) is 44.2. The first-order chi connectivity index (χ1) is 32.0. The minimum atomic E-state index is -0.903. The number of benzene rings is 1. The van der Waals surface area contributed by atoms with Gasteiger partial charge in [0.25, 0.3) is 0 Å². The number of esters is 1. The van der Waals surface area contributed by atoms with Gasteiger partial charge >= 0.3 is 12.1 Å². The molecule has 1 N–H and O–H groups in total. The predicted octanol–water partition coefficient (Wildman–Crippen LogP) is 5.55. The van der Waals surface area contributed by atoms with Crippen molar-refractivity contribution < 1.29 is 47.7 Å². The molecule has 0 aliphatic carbocycles. The van der Waals surface area contributed by atoms with Crippen LogP contribution in [0.1, 0.15) is 107 Å². The zero-order chi connectivity index (χ0) is 51.0. The van der Waals surface area contributed by atoms with E-state index in [4.69, 9.17) is 18.9 Å². The van der Waals surface area contributed by atoms with Crippen LogP contribution in [0.4, 0.5) is 4.79 Å². The number of ether oxygens (including phenoxy) is 4. The van der Waals surface area contributed by atoms with Gasteiger partial charge in [-0.25, -0.2) is 9.59 Å². The Bertz CT molecular complexity index is 1770. The van der Waals surface area contributed by atoms with Crippen LogP contribution in [0.2, 0.25) is 0 Å². The average molecular weight is 957 g/mol. The molecule has 68 heavy (non-hydrogen) atoms. The molecule has 0 aromatic heterocycles. The molecule has 3 rings (SSSR count). The summed E-state index contributed by atoms with van der Waals surface area (Å²) in [7, 11) is 8.13. The van der Waals surface area contributed by atoms with Crippen molar-refractivity contribution in [2.75, 3.05) is 81.2 Å². The Morgan fingerprint density at radius 2 is 1.47 bits per heavy atom. The second kappa shape index (κ2) is 27.3. The van der Waals surface area contributed by atoms with Crippen molar-refractivity contribution in [1.29, 1.82) is 0 Å². The molecule has 2 aliphatic heterocycles. The van der Waals surface area contributed by atoms with Crippen LogP contribution < -0.4 is 5.32 Å². The number of hydrogen-bond donors (Lipinski definition) is 1. The molecule has 2 fully saturated rings. The van der Waals surface area contributed by atoms with Gasteiger partial charge in [-0.2, -0.15) is 0 Å². The molecule has 2 heterocycles. The Balaban J connectivity index is 1.72. The monoisotopic (exact) mass is 957 g/mol. The highest BCUT2D eigenvalue weighted by Crippen LogP contribution is 2.31. The number of carbonyl (C=O) groups is 6. The largest absolute Gasteiger partial charge is 0.467 e. The summed E-state index contributed by atoms with van der Waals surface area (Å²) in [6.45, 7) is 23.9. The van der Waals surface area contributed by atoms with E-state index in [-0.39, 0.29) is 66.6 Å². The smallest absolute Gasteiger partial charge is 0.410 e. The predicted molar refractivity (Wildman–Crippen MR) is 264 cm³/mol. The summed E-state index contributed by atoms with van der Waals surface area (Å²) in [6.07, 6.45) is 0.796. The van der Waals surface area contributed by atoms with E-state index in [1.54, 1.807) is 35.8 Å². The van der Waals surface area contributed by atoms with Gasteiger partial charge in [0.1, 0.15) is 11.6 Å². The molecule has 0 bridgehead atoms. The van der Waals surface area contributed by atoms with Gasteiger partial charge in [0.05, 0.1) is 49.8 Å². The van der Waals surface area contributed by atoms with Gasteiger partial charge in [-0.1, -0.05) is 85.2 Å². The number of nitrogens with one attached hydrogen (secondary N) is 1. The van der Waals surface area contributed by atoms with Gasteiger partial charge in [-0.3, -0.25) is 29.0 Å². The Kier molecular flexibility index (Phi) is 23.4. The summed E-state index contributed by atoms with van der Waals surface area (Å²) in [5.41, 5.74) is 0.324. The van der Waals surface area contributed by atoms with Crippen molar-refractivity contribution in [2.24, 2.45) is 29.6 Å². The quantitative estimate of drug-likeness (QED) is 0.122. The molecule has 9 atom stereocenters. The van der Waals surface area contributed by atoms with E-state index < -0.39 is 59.8 Å². The van der Waals surface area contributed by atoms with Gasteiger partial charge < -0.3 is 39.0 Å². The van der Waals surface area contributed by atoms with Crippen molar-refractivity contribution in [1.82, 2.24) is 29.8 Å². The standard InChI is InChI=1S/C52H88N6O10/c1-16-36(6)46(43(65-13)33-44(60)58-24-20-23-41(58)47(66-14)37(7)48(61)53-40(50(63)67-15)31-38-21-18-17-19-22-38)55(12)49(62)39(34(2)3)32-42(59)45(35(4)5)54(11)25-26-56-27-29-57(30-28-56)51(64)68-52(8,9)10/h17-19,21-22,34-37,39-41,43,45-47H,16,20,23-33H2,1-15H3,(H,53,61)/t36-,37+,39-,40-,41-,43+,45-,46-,47+/m0/s1. The van der Waals surface area contributed by atoms with Crippen LogP contribution in [0, 0.1) is 29.6 Å². The Hall–Kier alpha value is -4.12. The molecule has 16 heteroatoms. The minimum Gasteiger partial charge on any atom is -0.467 e. The number of methoxy groups -OCH3 is 3. The lowest BCUT2D eigenvalue weighted by Crippen LogP contribution is -2.55. The number of likely N-dealkylation sites (tertiary alicyclic amines) is 1. The molecule has 2 aliphatic rings. The Labute approximate surface area is 408 Å². The van der Waals surface area contributed by atoms with E-state index in [2.05, 4.69) is 29.0 Å². The summed E-state index contributed by atoms with van der Waals surface area (Å²) in [4.78, 5) is 92.3. The van der Waals surface area contributed by atoms with E-state index in [1.165, 1.54) is 14.2 Å². The fraction of sp³-hybridized carbons (Fsp3) is 0.769. The summed E-state index contributed by atoms with van der Waals surface area (Å²) in [5, 5.41) is 2.88. The second-order valence-electron chi connectivity index (χ2n) is 20.9. The van der Waals surface area contributed by atoms with Crippen LogP contribution in [0.5, 0.6) is 0 Å². The number of hydrogen-bond acceptors (Lipinski definition) is 12. The average Bonchev–Trinajstić information content (AvgIpc) is 3.78. The van der Waals surface area contributed by atoms with Gasteiger partial charge in [0.15, 0.2) is 5.78 Å². The number of carbonyl (C=O) groups excluding carboxylic acids is 6. The normalized spacial score (nSPS) is 19.5. The van der Waals surface area contributed by atoms with Crippen LogP contribution in [0.25, 0.3) is 0 Å². The SMILES string of the molecule is CC[C@H](C)[C@@H]([C@@H](CC(=O)N1CCC[C@H]1[C@H](OC)[C@@H](C)C(=O)N[C@@H](Cc1ccccc1)C(=O)OC)OC)N(C)C(=O)[C@@H](CC(=O)[C@H](C(C)C)N(C)CCN1CCN(C(=O)OC(C)(C)C)CC1)C(C)C. The van der Waals surface area contributed by atoms with Crippen molar-refractivity contribution in [3.63, 3.8) is 0 Å². The highest BCUT2D eigenvalue weighted by molar-refractivity contribution is 5.90. The molecule has 4 amide bonds. The van der Waals surface area contributed by atoms with Crippen molar-refractivity contribution >= 4 is 35.6 Å². The van der Waals surface area contributed by atoms with E-state index in [9.17, 15) is 28.8 Å². The number of ketones is 1. The first-order valence-electron chi connectivity index (χ1n) is 25.0. The van der Waals surface area contributed by atoms with E-state index >= 15 is 0 Å². The van der Waals surface area contributed by atoms with Crippen molar-refractivity contribution in [2.45, 2.75) is 150 Å². The summed E-state index contributed by atoms with van der Waals surface area (Å²) in [6, 6.07) is 7.21. The molecule has 1 aromatic carbocycles. The molecular formula is C52H88N6O10. The van der Waals surface area contributed by atoms with E-state index in [0.717, 1.165) is 38.0 Å². The van der Waals surface area contributed by atoms with Crippen LogP contribution in [0.3, 0.4) is 0 Å². The van der Waals surface area contributed by atoms with E-state index in [1.807, 2.05) is 85.8 Å². The van der Waals surface area contributed by atoms with Crippen molar-refractivity contribution in [3.05, 3.63) is 35.9 Å². The van der Waals surface area contributed by atoms with Gasteiger partial charge in [0, 0.05) is 85.8 Å². The third kappa shape index (κ3) is 16.5. The fourth-order valence-electron chi connectivity index (χ4n) is 10.0. The maximum Gasteiger partial charge on any atom is 0.410 e. The third-order valence-electron chi connectivity index (χ3n) is 14.1. The maximum absolute atomic E-state index is 14.7. The first-order valence-corrected chi connectivity index (χ1v) is 25.0. The Morgan fingerprint density at radius 3 is 2.00 bits per heavy atom. The molecule has 1 aromatic rings. The number of piperazine rings is 1. The lowest BCUT2D eigenvalue weighted by Gasteiger charge is -2.41.